The lowest BCUT2D eigenvalue weighted by molar-refractivity contribution is 1.08. The van der Waals surface area contributed by atoms with Gasteiger partial charge in [0.1, 0.15) is 0 Å². The van der Waals surface area contributed by atoms with Crippen LogP contribution in [0.4, 0.5) is 5.82 Å². The SMILES string of the molecule is [C-]#[N+]c1cccc(SC(C)C)n1. The number of hydrogen-bond acceptors (Lipinski definition) is 2. The van der Waals surface area contributed by atoms with Gasteiger partial charge in [0.05, 0.1) is 0 Å². The molecule has 0 atom stereocenters. The fourth-order valence-electron chi connectivity index (χ4n) is 0.773. The minimum Gasteiger partial charge on any atom is -0.361 e. The molecule has 2 nitrogen and oxygen atoms in total. The van der Waals surface area contributed by atoms with Crippen molar-refractivity contribution in [3.63, 3.8) is 0 Å². The fraction of sp³-hybridized carbons (Fsp3) is 0.333. The third-order valence-corrected chi connectivity index (χ3v) is 2.12. The number of nitrogens with zero attached hydrogens (tertiary/aromatic N) is 2. The van der Waals surface area contributed by atoms with Gasteiger partial charge in [-0.3, -0.25) is 0 Å². The molecular weight excluding hydrogens is 168 g/mol. The van der Waals surface area contributed by atoms with E-state index in [1.165, 1.54) is 0 Å². The van der Waals surface area contributed by atoms with Crippen LogP contribution in [0.15, 0.2) is 23.2 Å². The van der Waals surface area contributed by atoms with Gasteiger partial charge in [-0.05, 0) is 12.1 Å². The van der Waals surface area contributed by atoms with E-state index in [0.717, 1.165) is 5.03 Å². The lowest BCUT2D eigenvalue weighted by Crippen LogP contribution is -1.87. The van der Waals surface area contributed by atoms with Crippen LogP contribution in [0, 0.1) is 6.57 Å². The van der Waals surface area contributed by atoms with Gasteiger partial charge in [0.25, 0.3) is 5.82 Å². The van der Waals surface area contributed by atoms with Crippen LogP contribution in [0.3, 0.4) is 0 Å². The molecule has 0 spiro atoms. The van der Waals surface area contributed by atoms with E-state index in [1.54, 1.807) is 17.8 Å². The molecule has 1 aromatic heterocycles. The summed E-state index contributed by atoms with van der Waals surface area (Å²) in [6, 6.07) is 5.52. The molecule has 12 heavy (non-hydrogen) atoms. The summed E-state index contributed by atoms with van der Waals surface area (Å²) in [5, 5.41) is 1.44. The summed E-state index contributed by atoms with van der Waals surface area (Å²) in [4.78, 5) is 7.40. The predicted molar refractivity (Wildman–Crippen MR) is 51.5 cm³/mol. The van der Waals surface area contributed by atoms with Gasteiger partial charge in [0.2, 0.25) is 0 Å². The van der Waals surface area contributed by atoms with Crippen LogP contribution < -0.4 is 0 Å². The van der Waals surface area contributed by atoms with E-state index < -0.39 is 0 Å². The average molecular weight is 178 g/mol. The Morgan fingerprint density at radius 2 is 2.25 bits per heavy atom. The van der Waals surface area contributed by atoms with E-state index in [2.05, 4.69) is 23.7 Å². The van der Waals surface area contributed by atoms with Crippen LogP contribution in [0.1, 0.15) is 13.8 Å². The lowest BCUT2D eigenvalue weighted by Gasteiger charge is -1.99. The standard InChI is InChI=1S/C9H10N2S/c1-7(2)12-9-6-4-5-8(10-3)11-9/h4-7H,1-2H3. The topological polar surface area (TPSA) is 17.2 Å². The van der Waals surface area contributed by atoms with Crippen molar-refractivity contribution in [3.8, 4) is 0 Å². The second-order valence-electron chi connectivity index (χ2n) is 2.61. The van der Waals surface area contributed by atoms with Crippen molar-refractivity contribution in [1.29, 1.82) is 0 Å². The quantitative estimate of drug-likeness (QED) is 0.511. The largest absolute Gasteiger partial charge is 0.361 e. The van der Waals surface area contributed by atoms with Gasteiger partial charge < -0.3 is 4.85 Å². The molecule has 0 N–H and O–H groups in total. The van der Waals surface area contributed by atoms with Crippen LogP contribution >= 0.6 is 11.8 Å². The third-order valence-electron chi connectivity index (χ3n) is 1.18. The number of rotatable bonds is 2. The highest BCUT2D eigenvalue weighted by atomic mass is 32.2. The van der Waals surface area contributed by atoms with E-state index >= 15 is 0 Å². The van der Waals surface area contributed by atoms with E-state index in [1.807, 2.05) is 12.1 Å². The number of pyridine rings is 1. The minimum atomic E-state index is 0.473. The first-order valence-corrected chi connectivity index (χ1v) is 4.61. The molecule has 0 saturated carbocycles. The zero-order valence-corrected chi connectivity index (χ0v) is 7.93. The van der Waals surface area contributed by atoms with Crippen molar-refractivity contribution >= 4 is 17.6 Å². The number of thioether (sulfide) groups is 1. The fourth-order valence-corrected chi connectivity index (χ4v) is 1.56. The molecule has 1 heterocycles. The highest BCUT2D eigenvalue weighted by molar-refractivity contribution is 7.99. The summed E-state index contributed by atoms with van der Waals surface area (Å²) in [7, 11) is 0. The Morgan fingerprint density at radius 3 is 2.83 bits per heavy atom. The molecule has 0 bridgehead atoms. The zero-order chi connectivity index (χ0) is 8.97. The molecule has 0 unspecified atom stereocenters. The first-order valence-electron chi connectivity index (χ1n) is 3.73. The maximum Gasteiger partial charge on any atom is 0.270 e. The molecule has 0 fully saturated rings. The Kier molecular flexibility index (Phi) is 3.12. The van der Waals surface area contributed by atoms with Crippen molar-refractivity contribution in [3.05, 3.63) is 29.6 Å². The van der Waals surface area contributed by atoms with Gasteiger partial charge in [0.15, 0.2) is 5.03 Å². The molecule has 0 amide bonds. The zero-order valence-electron chi connectivity index (χ0n) is 7.11. The average Bonchev–Trinajstić information content (AvgIpc) is 2.03. The number of hydrogen-bond donors (Lipinski definition) is 0. The summed E-state index contributed by atoms with van der Waals surface area (Å²) in [5.41, 5.74) is 0. The number of aromatic nitrogens is 1. The second-order valence-corrected chi connectivity index (χ2v) is 4.21. The maximum absolute atomic E-state index is 6.78. The van der Waals surface area contributed by atoms with Crippen molar-refractivity contribution in [2.75, 3.05) is 0 Å². The minimum absolute atomic E-state index is 0.473. The van der Waals surface area contributed by atoms with Gasteiger partial charge in [-0.25, -0.2) is 0 Å². The van der Waals surface area contributed by atoms with Crippen LogP contribution in [-0.2, 0) is 0 Å². The molecule has 0 aliphatic heterocycles. The highest BCUT2D eigenvalue weighted by Gasteiger charge is 2.03. The van der Waals surface area contributed by atoms with Crippen molar-refractivity contribution in [2.24, 2.45) is 0 Å². The van der Waals surface area contributed by atoms with Crippen molar-refractivity contribution in [2.45, 2.75) is 24.1 Å². The molecule has 3 heteroatoms. The van der Waals surface area contributed by atoms with Gasteiger partial charge in [-0.1, -0.05) is 38.2 Å². The molecule has 1 aromatic rings. The van der Waals surface area contributed by atoms with Crippen molar-refractivity contribution in [1.82, 2.24) is 4.98 Å². The summed E-state index contributed by atoms with van der Waals surface area (Å²) < 4.78 is 0. The van der Waals surface area contributed by atoms with Crippen LogP contribution in [0.5, 0.6) is 0 Å². The monoisotopic (exact) mass is 178 g/mol. The first-order chi connectivity index (χ1) is 5.72. The Bertz CT molecular complexity index is 302. The Labute approximate surface area is 76.8 Å². The maximum atomic E-state index is 6.78. The van der Waals surface area contributed by atoms with Crippen LogP contribution in [0.2, 0.25) is 0 Å². The highest BCUT2D eigenvalue weighted by Crippen LogP contribution is 2.22. The van der Waals surface area contributed by atoms with Gasteiger partial charge >= 0.3 is 0 Å². The summed E-state index contributed by atoms with van der Waals surface area (Å²) in [5.74, 6) is 0.473. The normalized spacial score (nSPS) is 9.83. The van der Waals surface area contributed by atoms with Crippen LogP contribution in [0.25, 0.3) is 4.85 Å². The molecular formula is C9H10N2S. The van der Waals surface area contributed by atoms with E-state index in [9.17, 15) is 0 Å². The van der Waals surface area contributed by atoms with Crippen molar-refractivity contribution < 1.29 is 0 Å². The van der Waals surface area contributed by atoms with Crippen LogP contribution in [-0.4, -0.2) is 10.2 Å². The third kappa shape index (κ3) is 2.55. The van der Waals surface area contributed by atoms with E-state index in [4.69, 9.17) is 6.57 Å². The first kappa shape index (κ1) is 9.08. The Hall–Kier alpha value is -1.01. The Morgan fingerprint density at radius 1 is 1.50 bits per heavy atom. The summed E-state index contributed by atoms with van der Waals surface area (Å²) in [6.45, 7) is 11.0. The van der Waals surface area contributed by atoms with Gasteiger partial charge in [0, 0.05) is 5.25 Å². The Balaban J connectivity index is 2.81. The lowest BCUT2D eigenvalue weighted by atomic mass is 10.5. The smallest absolute Gasteiger partial charge is 0.270 e. The van der Waals surface area contributed by atoms with Gasteiger partial charge in [-0.2, -0.15) is 0 Å². The molecule has 0 saturated heterocycles. The van der Waals surface area contributed by atoms with E-state index in [-0.39, 0.29) is 0 Å². The molecule has 1 rings (SSSR count). The predicted octanol–water partition coefficient (Wildman–Crippen LogP) is 3.13. The second kappa shape index (κ2) is 4.13. The summed E-state index contributed by atoms with van der Waals surface area (Å²) in [6.07, 6.45) is 0. The molecule has 0 radical (unpaired) electrons. The molecule has 62 valence electrons. The molecule has 0 aliphatic rings. The van der Waals surface area contributed by atoms with Gasteiger partial charge in [-0.15, -0.1) is 4.98 Å². The van der Waals surface area contributed by atoms with E-state index in [0.29, 0.717) is 11.1 Å². The molecule has 0 aliphatic carbocycles. The summed E-state index contributed by atoms with van der Waals surface area (Å²) >= 11 is 1.67. The molecule has 0 aromatic carbocycles.